The van der Waals surface area contributed by atoms with Gasteiger partial charge in [0.25, 0.3) is 0 Å². The van der Waals surface area contributed by atoms with Gasteiger partial charge in [-0.25, -0.2) is 0 Å². The van der Waals surface area contributed by atoms with E-state index in [1.54, 1.807) is 0 Å². The molecule has 2 atom stereocenters. The average molecular weight is 186 g/mol. The molecule has 0 aromatic heterocycles. The van der Waals surface area contributed by atoms with Gasteiger partial charge in [-0.05, 0) is 32.7 Å². The van der Waals surface area contributed by atoms with Gasteiger partial charge in [-0.3, -0.25) is 4.90 Å². The summed E-state index contributed by atoms with van der Waals surface area (Å²) >= 11 is 0. The van der Waals surface area contributed by atoms with Gasteiger partial charge in [0, 0.05) is 18.6 Å². The second kappa shape index (κ2) is 6.39. The van der Waals surface area contributed by atoms with E-state index in [4.69, 9.17) is 5.73 Å². The molecule has 80 valence electrons. The molecule has 2 N–H and O–H groups in total. The first-order valence-electron chi connectivity index (χ1n) is 5.61. The van der Waals surface area contributed by atoms with Crippen LogP contribution in [0.15, 0.2) is 0 Å². The Morgan fingerprint density at radius 1 is 1.31 bits per heavy atom. The van der Waals surface area contributed by atoms with Gasteiger partial charge in [0.05, 0.1) is 0 Å². The Morgan fingerprint density at radius 3 is 2.23 bits per heavy atom. The molecule has 1 heterocycles. The molecule has 1 rings (SSSR count). The molecular weight excluding hydrogens is 160 g/mol. The van der Waals surface area contributed by atoms with E-state index >= 15 is 0 Å². The third kappa shape index (κ3) is 4.10. The Bertz CT molecular complexity index is 123. The van der Waals surface area contributed by atoms with Crippen LogP contribution in [0.1, 0.15) is 41.0 Å². The minimum Gasteiger partial charge on any atom is -0.326 e. The summed E-state index contributed by atoms with van der Waals surface area (Å²) in [4.78, 5) is 2.46. The van der Waals surface area contributed by atoms with Crippen molar-refractivity contribution in [1.29, 1.82) is 0 Å². The molecule has 0 bridgehead atoms. The second-order valence-corrected chi connectivity index (χ2v) is 4.02. The molecule has 0 spiro atoms. The van der Waals surface area contributed by atoms with Gasteiger partial charge < -0.3 is 5.73 Å². The molecule has 1 aliphatic rings. The zero-order chi connectivity index (χ0) is 10.4. The Hall–Kier alpha value is -0.0800. The lowest BCUT2D eigenvalue weighted by molar-refractivity contribution is 0.136. The predicted molar refractivity (Wildman–Crippen MR) is 59.8 cm³/mol. The van der Waals surface area contributed by atoms with Crippen LogP contribution < -0.4 is 5.73 Å². The maximum Gasteiger partial charge on any atom is 0.0194 e. The number of piperidine rings is 1. The smallest absolute Gasteiger partial charge is 0.0194 e. The molecule has 2 nitrogen and oxygen atoms in total. The number of likely N-dealkylation sites (tertiary alicyclic amines) is 1. The van der Waals surface area contributed by atoms with E-state index in [0.717, 1.165) is 6.54 Å². The number of hydrogen-bond acceptors (Lipinski definition) is 2. The molecule has 1 aliphatic heterocycles. The summed E-state index contributed by atoms with van der Waals surface area (Å²) in [6, 6.07) is 1.06. The minimum atomic E-state index is 0.395. The van der Waals surface area contributed by atoms with E-state index in [9.17, 15) is 0 Å². The number of nitrogens with zero attached hydrogens (tertiary/aromatic N) is 1. The van der Waals surface area contributed by atoms with Crippen LogP contribution in [0.3, 0.4) is 0 Å². The number of rotatable bonds is 1. The third-order valence-corrected chi connectivity index (χ3v) is 2.78. The first-order chi connectivity index (χ1) is 6.11. The summed E-state index contributed by atoms with van der Waals surface area (Å²) in [5.41, 5.74) is 5.96. The van der Waals surface area contributed by atoms with Crippen LogP contribution in [0.4, 0.5) is 0 Å². The highest BCUT2D eigenvalue weighted by atomic mass is 15.2. The number of hydrogen-bond donors (Lipinski definition) is 1. The van der Waals surface area contributed by atoms with Gasteiger partial charge in [0.1, 0.15) is 0 Å². The van der Waals surface area contributed by atoms with E-state index in [1.807, 2.05) is 13.8 Å². The van der Waals surface area contributed by atoms with Crippen molar-refractivity contribution < 1.29 is 0 Å². The summed E-state index contributed by atoms with van der Waals surface area (Å²) in [7, 11) is 0. The lowest BCUT2D eigenvalue weighted by Crippen LogP contribution is -2.49. The molecule has 0 amide bonds. The van der Waals surface area contributed by atoms with Crippen molar-refractivity contribution in [2.75, 3.05) is 13.1 Å². The lowest BCUT2D eigenvalue weighted by atomic mass is 9.93. The van der Waals surface area contributed by atoms with Crippen LogP contribution >= 0.6 is 0 Å². The first kappa shape index (κ1) is 12.9. The minimum absolute atomic E-state index is 0.395. The molecule has 0 saturated carbocycles. The Kier molecular flexibility index (Phi) is 6.35. The van der Waals surface area contributed by atoms with Crippen LogP contribution in [0.2, 0.25) is 0 Å². The first-order valence-corrected chi connectivity index (χ1v) is 5.61. The standard InChI is InChI=1S/C9H20N2.C2H6/c1-7(2)11-5-4-8(3)9(10)6-11;1-2/h7-9H,4-6,10H2,1-3H3;1-2H3. The molecular formula is C11H26N2. The molecule has 2 unspecified atom stereocenters. The fourth-order valence-electron chi connectivity index (χ4n) is 1.59. The van der Waals surface area contributed by atoms with Crippen molar-refractivity contribution in [1.82, 2.24) is 4.90 Å². The number of nitrogens with two attached hydrogens (primary N) is 1. The largest absolute Gasteiger partial charge is 0.326 e. The van der Waals surface area contributed by atoms with Gasteiger partial charge in [-0.2, -0.15) is 0 Å². The summed E-state index contributed by atoms with van der Waals surface area (Å²) in [6.45, 7) is 13.0. The van der Waals surface area contributed by atoms with E-state index in [0.29, 0.717) is 18.0 Å². The van der Waals surface area contributed by atoms with Crippen molar-refractivity contribution in [3.8, 4) is 0 Å². The topological polar surface area (TPSA) is 29.3 Å². The highest BCUT2D eigenvalue weighted by Gasteiger charge is 2.23. The highest BCUT2D eigenvalue weighted by molar-refractivity contribution is 4.81. The zero-order valence-corrected chi connectivity index (χ0v) is 9.88. The molecule has 1 fully saturated rings. The molecule has 0 aromatic carbocycles. The Morgan fingerprint density at radius 2 is 1.85 bits per heavy atom. The summed E-state index contributed by atoms with van der Waals surface area (Å²) in [5.74, 6) is 0.713. The van der Waals surface area contributed by atoms with Crippen LogP contribution in [0.5, 0.6) is 0 Å². The second-order valence-electron chi connectivity index (χ2n) is 4.02. The zero-order valence-electron chi connectivity index (χ0n) is 9.88. The van der Waals surface area contributed by atoms with E-state index in [1.165, 1.54) is 13.0 Å². The molecule has 0 aliphatic carbocycles. The van der Waals surface area contributed by atoms with Crippen LogP contribution in [0, 0.1) is 5.92 Å². The van der Waals surface area contributed by atoms with Crippen LogP contribution in [-0.4, -0.2) is 30.1 Å². The highest BCUT2D eigenvalue weighted by Crippen LogP contribution is 2.16. The lowest BCUT2D eigenvalue weighted by Gasteiger charge is -2.37. The molecule has 1 saturated heterocycles. The van der Waals surface area contributed by atoms with Gasteiger partial charge in [-0.15, -0.1) is 0 Å². The van der Waals surface area contributed by atoms with Gasteiger partial charge in [0.15, 0.2) is 0 Å². The summed E-state index contributed by atoms with van der Waals surface area (Å²) < 4.78 is 0. The predicted octanol–water partition coefficient (Wildman–Crippen LogP) is 2.09. The normalized spacial score (nSPS) is 29.8. The van der Waals surface area contributed by atoms with Crippen LogP contribution in [-0.2, 0) is 0 Å². The maximum atomic E-state index is 5.96. The maximum absolute atomic E-state index is 5.96. The van der Waals surface area contributed by atoms with E-state index in [-0.39, 0.29) is 0 Å². The van der Waals surface area contributed by atoms with Gasteiger partial charge in [0.2, 0.25) is 0 Å². The molecule has 0 radical (unpaired) electrons. The van der Waals surface area contributed by atoms with Crippen molar-refractivity contribution >= 4 is 0 Å². The average Bonchev–Trinajstić information content (AvgIpc) is 2.13. The molecule has 13 heavy (non-hydrogen) atoms. The van der Waals surface area contributed by atoms with Gasteiger partial charge in [-0.1, -0.05) is 20.8 Å². The molecule has 0 aromatic rings. The Balaban J connectivity index is 0.000000671. The van der Waals surface area contributed by atoms with Crippen molar-refractivity contribution in [3.05, 3.63) is 0 Å². The van der Waals surface area contributed by atoms with Crippen molar-refractivity contribution in [3.63, 3.8) is 0 Å². The summed E-state index contributed by atoms with van der Waals surface area (Å²) in [6.07, 6.45) is 1.26. The van der Waals surface area contributed by atoms with E-state index < -0.39 is 0 Å². The SMILES string of the molecule is CC.CC1CCN(C(C)C)CC1N. The summed E-state index contributed by atoms with van der Waals surface area (Å²) in [5, 5.41) is 0. The van der Waals surface area contributed by atoms with Crippen LogP contribution in [0.25, 0.3) is 0 Å². The van der Waals surface area contributed by atoms with Gasteiger partial charge >= 0.3 is 0 Å². The quantitative estimate of drug-likeness (QED) is 0.679. The van der Waals surface area contributed by atoms with Crippen molar-refractivity contribution in [2.24, 2.45) is 11.7 Å². The van der Waals surface area contributed by atoms with E-state index in [2.05, 4.69) is 25.7 Å². The van der Waals surface area contributed by atoms with Crippen molar-refractivity contribution in [2.45, 2.75) is 53.1 Å². The fraction of sp³-hybridized carbons (Fsp3) is 1.00. The fourth-order valence-corrected chi connectivity index (χ4v) is 1.59. The molecule has 2 heteroatoms. The Labute approximate surface area is 83.5 Å². The monoisotopic (exact) mass is 186 g/mol. The third-order valence-electron chi connectivity index (χ3n) is 2.78.